The summed E-state index contributed by atoms with van der Waals surface area (Å²) in [5, 5.41) is 11.2. The molecule has 5 aliphatic rings. The Morgan fingerprint density at radius 2 is 1.66 bits per heavy atom. The van der Waals surface area contributed by atoms with Gasteiger partial charge >= 0.3 is 5.97 Å². The minimum Gasteiger partial charge on any atom is -0.463 e. The highest BCUT2D eigenvalue weighted by Gasteiger charge is 2.73. The molecule has 4 saturated carbocycles. The SMILES string of the molecule is C=[P+](C)C1(O)CCC2C3C4OC(C)(C)OC4C4CC(OC(C)=O)CCC4(C)C3CCC21C. The highest BCUT2D eigenvalue weighted by molar-refractivity contribution is 7.56. The molecule has 11 unspecified atom stereocenters. The van der Waals surface area contributed by atoms with Gasteiger partial charge in [-0.2, -0.15) is 0 Å². The van der Waals surface area contributed by atoms with Crippen LogP contribution in [0.1, 0.15) is 79.6 Å². The second-order valence-electron chi connectivity index (χ2n) is 12.5. The van der Waals surface area contributed by atoms with Crippen molar-refractivity contribution in [3.63, 3.8) is 0 Å². The lowest BCUT2D eigenvalue weighted by atomic mass is 9.43. The van der Waals surface area contributed by atoms with Crippen molar-refractivity contribution in [3.8, 4) is 0 Å². The number of aliphatic hydroxyl groups is 1. The van der Waals surface area contributed by atoms with E-state index < -0.39 is 18.7 Å². The quantitative estimate of drug-likeness (QED) is 0.463. The lowest BCUT2D eigenvalue weighted by Crippen LogP contribution is -2.64. The molecular weight excluding hydrogens is 423 g/mol. The number of hydrogen-bond donors (Lipinski definition) is 1. The number of esters is 1. The molecule has 0 radical (unpaired) electrons. The fourth-order valence-electron chi connectivity index (χ4n) is 9.11. The van der Waals surface area contributed by atoms with Crippen LogP contribution in [0.3, 0.4) is 0 Å². The number of fused-ring (bicyclic) bond motifs is 8. The van der Waals surface area contributed by atoms with Gasteiger partial charge in [-0.05, 0) is 81.5 Å². The molecule has 5 fully saturated rings. The Morgan fingerprint density at radius 3 is 2.31 bits per heavy atom. The van der Waals surface area contributed by atoms with Crippen LogP contribution in [-0.2, 0) is 19.0 Å². The zero-order valence-electron chi connectivity index (χ0n) is 20.7. The first kappa shape index (κ1) is 23.3. The molecule has 5 rings (SSSR count). The zero-order chi connectivity index (χ0) is 23.3. The van der Waals surface area contributed by atoms with Gasteiger partial charge in [-0.1, -0.05) is 13.8 Å². The first-order valence-corrected chi connectivity index (χ1v) is 14.6. The minimum atomic E-state index is -0.691. The standard InChI is InChI=1S/C26H42O5P/c1-15(27)29-16-8-11-24(4)17-9-12-25(5)18(10-13-26(25,28)32(6)7)20(17)22-21(19(24)14-16)30-23(2,3)31-22/h16-22,28H,6,8-14H2,1-5,7H3/q+1. The predicted molar refractivity (Wildman–Crippen MR) is 127 cm³/mol. The van der Waals surface area contributed by atoms with E-state index in [9.17, 15) is 9.90 Å². The van der Waals surface area contributed by atoms with Crippen molar-refractivity contribution in [1.29, 1.82) is 0 Å². The van der Waals surface area contributed by atoms with Crippen molar-refractivity contribution in [2.75, 3.05) is 6.66 Å². The highest BCUT2D eigenvalue weighted by Crippen LogP contribution is 2.72. The van der Waals surface area contributed by atoms with Gasteiger partial charge < -0.3 is 19.3 Å². The van der Waals surface area contributed by atoms with Gasteiger partial charge in [-0.25, -0.2) is 0 Å². The van der Waals surface area contributed by atoms with Gasteiger partial charge in [-0.3, -0.25) is 4.79 Å². The van der Waals surface area contributed by atoms with E-state index in [-0.39, 0.29) is 35.1 Å². The van der Waals surface area contributed by atoms with Crippen molar-refractivity contribution in [2.24, 2.45) is 34.5 Å². The minimum absolute atomic E-state index is 0.0182. The lowest BCUT2D eigenvalue weighted by molar-refractivity contribution is -0.199. The maximum Gasteiger partial charge on any atom is 0.302 e. The van der Waals surface area contributed by atoms with Crippen molar-refractivity contribution in [2.45, 2.75) is 109 Å². The van der Waals surface area contributed by atoms with E-state index in [0.717, 1.165) is 44.9 Å². The number of carbonyl (C=O) groups is 1. The molecule has 1 aliphatic heterocycles. The van der Waals surface area contributed by atoms with E-state index in [0.29, 0.717) is 23.7 Å². The summed E-state index contributed by atoms with van der Waals surface area (Å²) >= 11 is 0. The summed E-state index contributed by atoms with van der Waals surface area (Å²) in [5.41, 5.74) is 0.0465. The van der Waals surface area contributed by atoms with Gasteiger partial charge in [0.2, 0.25) is 5.34 Å². The van der Waals surface area contributed by atoms with E-state index >= 15 is 0 Å². The maximum absolute atomic E-state index is 11.8. The monoisotopic (exact) mass is 465 g/mol. The second kappa shape index (κ2) is 7.26. The molecule has 1 saturated heterocycles. The summed E-state index contributed by atoms with van der Waals surface area (Å²) in [7, 11) is -0.691. The molecule has 5 nitrogen and oxygen atoms in total. The van der Waals surface area contributed by atoms with Gasteiger partial charge in [0.15, 0.2) is 5.79 Å². The van der Waals surface area contributed by atoms with Crippen LogP contribution in [0.4, 0.5) is 0 Å². The molecule has 1 heterocycles. The van der Waals surface area contributed by atoms with Gasteiger partial charge in [0.05, 0.1) is 25.2 Å². The molecule has 0 aromatic rings. The van der Waals surface area contributed by atoms with Crippen LogP contribution in [0.15, 0.2) is 0 Å². The topological polar surface area (TPSA) is 65.0 Å². The first-order valence-electron chi connectivity index (χ1n) is 12.6. The Bertz CT molecular complexity index is 827. The third-order valence-corrected chi connectivity index (χ3v) is 12.6. The molecule has 11 atom stereocenters. The van der Waals surface area contributed by atoms with Crippen LogP contribution in [-0.4, -0.2) is 53.5 Å². The van der Waals surface area contributed by atoms with Crippen LogP contribution in [0.2, 0.25) is 0 Å². The van der Waals surface area contributed by atoms with E-state index in [2.05, 4.69) is 26.8 Å². The number of carbonyl (C=O) groups excluding carboxylic acids is 1. The lowest BCUT2D eigenvalue weighted by Gasteiger charge is -2.63. The molecule has 0 aromatic carbocycles. The Balaban J connectivity index is 1.54. The molecule has 0 aromatic heterocycles. The largest absolute Gasteiger partial charge is 0.463 e. The smallest absolute Gasteiger partial charge is 0.302 e. The molecule has 4 aliphatic carbocycles. The van der Waals surface area contributed by atoms with Gasteiger partial charge in [0.25, 0.3) is 0 Å². The Hall–Kier alpha value is -0.480. The second-order valence-corrected chi connectivity index (χ2v) is 14.6. The van der Waals surface area contributed by atoms with Crippen molar-refractivity contribution in [3.05, 3.63) is 0 Å². The van der Waals surface area contributed by atoms with Gasteiger partial charge in [0, 0.05) is 18.8 Å². The molecule has 6 heteroatoms. The zero-order valence-corrected chi connectivity index (χ0v) is 21.6. The van der Waals surface area contributed by atoms with Crippen LogP contribution >= 0.6 is 7.55 Å². The van der Waals surface area contributed by atoms with Crippen LogP contribution in [0.5, 0.6) is 0 Å². The third-order valence-electron chi connectivity index (χ3n) is 10.6. The predicted octanol–water partition coefficient (Wildman–Crippen LogP) is 4.93. The number of rotatable bonds is 2. The Labute approximate surface area is 194 Å². The molecule has 32 heavy (non-hydrogen) atoms. The fraction of sp³-hybridized carbons (Fsp3) is 0.923. The average molecular weight is 466 g/mol. The molecule has 180 valence electrons. The van der Waals surface area contributed by atoms with E-state index in [1.807, 2.05) is 13.8 Å². The summed E-state index contributed by atoms with van der Waals surface area (Å²) in [5.74, 6) is 0.928. The molecule has 0 amide bonds. The summed E-state index contributed by atoms with van der Waals surface area (Å²) < 4.78 is 19.0. The van der Waals surface area contributed by atoms with Crippen LogP contribution < -0.4 is 0 Å². The third kappa shape index (κ3) is 3.06. The van der Waals surface area contributed by atoms with Gasteiger partial charge in [0.1, 0.15) is 13.6 Å². The summed E-state index contributed by atoms with van der Waals surface area (Å²) in [6, 6.07) is 0. The number of ether oxygens (including phenoxy) is 3. The highest BCUT2D eigenvalue weighted by atomic mass is 31.1. The Kier molecular flexibility index (Phi) is 5.28. The van der Waals surface area contributed by atoms with Crippen molar-refractivity contribution in [1.82, 2.24) is 0 Å². The molecule has 0 bridgehead atoms. The molecule has 1 N–H and O–H groups in total. The van der Waals surface area contributed by atoms with E-state index in [4.69, 9.17) is 14.2 Å². The van der Waals surface area contributed by atoms with E-state index in [1.54, 1.807) is 0 Å². The van der Waals surface area contributed by atoms with Crippen molar-refractivity contribution >= 4 is 19.8 Å². The maximum atomic E-state index is 11.8. The van der Waals surface area contributed by atoms with Gasteiger partial charge in [-0.15, -0.1) is 0 Å². The average Bonchev–Trinajstić information content (AvgIpc) is 3.16. The normalized spacial score (nSPS) is 54.1. The molecular formula is C26H42O5P+. The summed E-state index contributed by atoms with van der Waals surface area (Å²) in [6.07, 6.45) is 11.4. The summed E-state index contributed by atoms with van der Waals surface area (Å²) in [4.78, 5) is 11.7. The fourth-order valence-corrected chi connectivity index (χ4v) is 10.8. The molecule has 0 spiro atoms. The first-order chi connectivity index (χ1) is 14.8. The van der Waals surface area contributed by atoms with Crippen molar-refractivity contribution < 1.29 is 24.1 Å². The number of hydrogen-bond acceptors (Lipinski definition) is 5. The van der Waals surface area contributed by atoms with Crippen LogP contribution in [0, 0.1) is 34.5 Å². The Morgan fingerprint density at radius 1 is 1.00 bits per heavy atom. The summed E-state index contributed by atoms with van der Waals surface area (Å²) in [6.45, 7) is 12.6. The van der Waals surface area contributed by atoms with Crippen LogP contribution in [0.25, 0.3) is 0 Å². The van der Waals surface area contributed by atoms with E-state index in [1.165, 1.54) is 6.92 Å².